The van der Waals surface area contributed by atoms with E-state index in [9.17, 15) is 0 Å². The van der Waals surface area contributed by atoms with E-state index >= 15 is 0 Å². The first kappa shape index (κ1) is 49.2. The maximum atomic E-state index is 4.51. The van der Waals surface area contributed by atoms with Gasteiger partial charge >= 0.3 is 0 Å². The third-order valence-electron chi connectivity index (χ3n) is 15.3. The molecule has 338 valence electrons. The van der Waals surface area contributed by atoms with Gasteiger partial charge in [0, 0.05) is 46.6 Å². The van der Waals surface area contributed by atoms with Crippen LogP contribution in [-0.4, -0.2) is 51.1 Å². The van der Waals surface area contributed by atoms with Gasteiger partial charge in [-0.15, -0.1) is 0 Å². The minimum atomic E-state index is 0.116. The Labute approximate surface area is 380 Å². The second kappa shape index (κ2) is 21.7. The van der Waals surface area contributed by atoms with Gasteiger partial charge in [-0.25, -0.2) is 0 Å². The number of benzene rings is 3. The molecule has 3 aromatic carbocycles. The van der Waals surface area contributed by atoms with Crippen molar-refractivity contribution in [1.29, 1.82) is 0 Å². The maximum absolute atomic E-state index is 4.51. The highest BCUT2D eigenvalue weighted by atomic mass is 15.5. The third-order valence-corrected chi connectivity index (χ3v) is 15.3. The zero-order chi connectivity index (χ0) is 45.2. The van der Waals surface area contributed by atoms with E-state index in [2.05, 4.69) is 186 Å². The number of allylic oxidation sites excluding steroid dienone is 2. The molecule has 1 aliphatic carbocycles. The molecule has 0 spiro atoms. The summed E-state index contributed by atoms with van der Waals surface area (Å²) in [5, 5.41) is 7.87. The molecular weight excluding hydrogens is 753 g/mol. The van der Waals surface area contributed by atoms with Gasteiger partial charge < -0.3 is 10.6 Å². The predicted molar refractivity (Wildman–Crippen MR) is 271 cm³/mol. The standard InChI is InChI=1S/C29H44N2.C25H30N2.2C2H6/c1-8-21(3)20-31-24(6)18-19-29(31,9-2)28(26-16-14-22(4)15-17-26)30-25(7)27-13-11-10-12-23(27)5;1-4-15-24-17-25(16-14-22(24)27(24)25)23(20-11-6-5-7-12-20)26-19(3)21-13-9-8-10-18(21)2;2*1-2/h10-14,16-17,21-22,24,28,30H,7-9,15,18-20H2,1-6H3;5-13,22-23,26H,3-4,14-17H2,1-2H3;2*1-2H3. The summed E-state index contributed by atoms with van der Waals surface area (Å²) in [4.78, 5) is 5.70. The molecule has 3 aromatic rings. The zero-order valence-corrected chi connectivity index (χ0v) is 41.3. The van der Waals surface area contributed by atoms with Gasteiger partial charge in [0.05, 0.1) is 12.1 Å². The van der Waals surface area contributed by atoms with Crippen LogP contribution in [0.1, 0.15) is 167 Å². The Balaban J connectivity index is 0.000000218. The van der Waals surface area contributed by atoms with E-state index in [1.165, 1.54) is 91.3 Å². The second-order valence-corrected chi connectivity index (χ2v) is 19.0. The topological polar surface area (TPSA) is 30.3 Å². The summed E-state index contributed by atoms with van der Waals surface area (Å²) in [5.41, 5.74) is 10.9. The van der Waals surface area contributed by atoms with Crippen LogP contribution in [0, 0.1) is 25.7 Å². The van der Waals surface area contributed by atoms with Crippen LogP contribution in [0.5, 0.6) is 0 Å². The molecule has 0 aromatic heterocycles. The van der Waals surface area contributed by atoms with Crippen LogP contribution in [0.4, 0.5) is 0 Å². The minimum Gasteiger partial charge on any atom is -0.376 e. The lowest BCUT2D eigenvalue weighted by atomic mass is 9.65. The molecule has 4 saturated heterocycles. The van der Waals surface area contributed by atoms with Crippen molar-refractivity contribution in [3.63, 3.8) is 0 Å². The Hall–Kier alpha value is -3.86. The average Bonchev–Trinajstić information content (AvgIpc) is 3.47. The van der Waals surface area contributed by atoms with Gasteiger partial charge in [-0.1, -0.05) is 185 Å². The molecule has 10 unspecified atom stereocenters. The van der Waals surface area contributed by atoms with Gasteiger partial charge in [-0.2, -0.15) is 0 Å². The van der Waals surface area contributed by atoms with Crippen LogP contribution in [0.15, 0.2) is 116 Å². The fourth-order valence-electron chi connectivity index (χ4n) is 12.0. The van der Waals surface area contributed by atoms with Gasteiger partial charge in [-0.05, 0) is 117 Å². The molecule has 62 heavy (non-hydrogen) atoms. The fraction of sp³-hybridized carbons (Fsp3) is 0.552. The van der Waals surface area contributed by atoms with Crippen molar-refractivity contribution in [3.05, 3.63) is 144 Å². The summed E-state index contributed by atoms with van der Waals surface area (Å²) in [5.74, 6) is 1.34. The van der Waals surface area contributed by atoms with E-state index in [0.29, 0.717) is 29.5 Å². The van der Waals surface area contributed by atoms with E-state index in [1.54, 1.807) is 0 Å². The Morgan fingerprint density at radius 2 is 1.35 bits per heavy atom. The number of nitrogens with zero attached hydrogens (tertiary/aromatic N) is 2. The first-order valence-electron chi connectivity index (χ1n) is 25.0. The lowest BCUT2D eigenvalue weighted by Crippen LogP contribution is -2.61. The number of hydrogen-bond acceptors (Lipinski definition) is 4. The first-order valence-corrected chi connectivity index (χ1v) is 25.0. The predicted octanol–water partition coefficient (Wildman–Crippen LogP) is 14.6. The van der Waals surface area contributed by atoms with Gasteiger partial charge in [-0.3, -0.25) is 9.80 Å². The molecule has 4 fully saturated rings. The minimum absolute atomic E-state index is 0.116. The summed E-state index contributed by atoms with van der Waals surface area (Å²) >= 11 is 0. The van der Waals surface area contributed by atoms with Crippen molar-refractivity contribution in [2.45, 2.75) is 188 Å². The molecule has 0 saturated carbocycles. The largest absolute Gasteiger partial charge is 0.376 e. The smallest absolute Gasteiger partial charge is 0.0698 e. The quantitative estimate of drug-likeness (QED) is 0.141. The Morgan fingerprint density at radius 3 is 1.87 bits per heavy atom. The van der Waals surface area contributed by atoms with E-state index in [0.717, 1.165) is 30.3 Å². The third kappa shape index (κ3) is 9.63. The lowest BCUT2D eigenvalue weighted by Gasteiger charge is -2.53. The maximum Gasteiger partial charge on any atom is 0.0698 e. The number of aryl methyl sites for hydroxylation is 2. The van der Waals surface area contributed by atoms with Gasteiger partial charge in [0.25, 0.3) is 0 Å². The van der Waals surface area contributed by atoms with Crippen molar-refractivity contribution in [2.75, 3.05) is 6.54 Å². The van der Waals surface area contributed by atoms with Crippen molar-refractivity contribution in [3.8, 4) is 0 Å². The Morgan fingerprint density at radius 1 is 0.774 bits per heavy atom. The number of hydrogen-bond donors (Lipinski definition) is 2. The van der Waals surface area contributed by atoms with E-state index in [1.807, 2.05) is 27.7 Å². The molecule has 8 rings (SSSR count). The highest BCUT2D eigenvalue weighted by Gasteiger charge is 2.83. The molecule has 0 amide bonds. The summed E-state index contributed by atoms with van der Waals surface area (Å²) in [6.07, 6.45) is 19.9. The lowest BCUT2D eigenvalue weighted by molar-refractivity contribution is 0.0141. The van der Waals surface area contributed by atoms with Crippen molar-refractivity contribution < 1.29 is 0 Å². The first-order chi connectivity index (χ1) is 29.9. The fourth-order valence-corrected chi connectivity index (χ4v) is 12.0. The molecule has 4 aliphatic heterocycles. The Kier molecular flexibility index (Phi) is 17.2. The van der Waals surface area contributed by atoms with Crippen LogP contribution in [0.2, 0.25) is 0 Å². The molecule has 2 N–H and O–H groups in total. The van der Waals surface area contributed by atoms with Crippen molar-refractivity contribution in [2.24, 2.45) is 11.8 Å². The summed E-state index contributed by atoms with van der Waals surface area (Å²) in [6, 6.07) is 30.2. The molecule has 10 atom stereocenters. The van der Waals surface area contributed by atoms with Crippen LogP contribution < -0.4 is 10.6 Å². The highest BCUT2D eigenvalue weighted by molar-refractivity contribution is 5.66. The van der Waals surface area contributed by atoms with Crippen molar-refractivity contribution in [1.82, 2.24) is 20.4 Å². The number of rotatable bonds is 16. The SMILES string of the molecule is C=C(NC(C1=CCC(C)C=C1)C1(CC)CCC(C)N1CC(C)CC)c1ccccc1C.C=C(NC(c1ccccc1)C12CCC3N1C3(CCC)C2)c1ccccc1C.CC.CC. The Bertz CT molecular complexity index is 1980. The molecular formula is C58H86N4. The normalized spacial score (nSPS) is 29.0. The van der Waals surface area contributed by atoms with Gasteiger partial charge in [0.15, 0.2) is 0 Å². The monoisotopic (exact) mass is 839 g/mol. The zero-order valence-electron chi connectivity index (χ0n) is 41.3. The molecule has 4 heteroatoms. The second-order valence-electron chi connectivity index (χ2n) is 19.0. The van der Waals surface area contributed by atoms with Crippen LogP contribution in [0.3, 0.4) is 0 Å². The summed E-state index contributed by atoms with van der Waals surface area (Å²) in [6.45, 7) is 36.7. The highest BCUT2D eigenvalue weighted by Crippen LogP contribution is 2.75. The van der Waals surface area contributed by atoms with Crippen LogP contribution in [0.25, 0.3) is 11.4 Å². The molecule has 0 radical (unpaired) electrons. The van der Waals surface area contributed by atoms with Gasteiger partial charge in [0.2, 0.25) is 0 Å². The van der Waals surface area contributed by atoms with Crippen LogP contribution in [-0.2, 0) is 0 Å². The number of fused-ring (bicyclic) bond motifs is 1. The molecule has 5 aliphatic rings. The summed E-state index contributed by atoms with van der Waals surface area (Å²) in [7, 11) is 0. The molecule has 4 heterocycles. The number of likely N-dealkylation sites (tertiary alicyclic amines) is 1. The molecule has 0 bridgehead atoms. The van der Waals surface area contributed by atoms with Crippen LogP contribution >= 0.6 is 0 Å². The van der Waals surface area contributed by atoms with E-state index < -0.39 is 0 Å². The van der Waals surface area contributed by atoms with Crippen molar-refractivity contribution >= 4 is 11.4 Å². The van der Waals surface area contributed by atoms with Gasteiger partial charge in [0.1, 0.15) is 0 Å². The number of piperidine rings is 1. The summed E-state index contributed by atoms with van der Waals surface area (Å²) < 4.78 is 0. The number of nitrogens with one attached hydrogen (secondary N) is 2. The van der Waals surface area contributed by atoms with E-state index in [4.69, 9.17) is 0 Å². The van der Waals surface area contributed by atoms with E-state index in [-0.39, 0.29) is 17.1 Å². The molecule has 4 nitrogen and oxygen atoms in total. The average molecular weight is 839 g/mol.